The van der Waals surface area contributed by atoms with Gasteiger partial charge in [-0.3, -0.25) is 0 Å². The van der Waals surface area contributed by atoms with Crippen LogP contribution in [0.15, 0.2) is 0 Å². The Morgan fingerprint density at radius 2 is 2.30 bits per heavy atom. The highest BCUT2D eigenvalue weighted by molar-refractivity contribution is 8.00. The molecule has 0 saturated carbocycles. The van der Waals surface area contributed by atoms with Crippen LogP contribution in [0.3, 0.4) is 0 Å². The zero-order valence-corrected chi connectivity index (χ0v) is 6.69. The van der Waals surface area contributed by atoms with Gasteiger partial charge in [-0.25, -0.2) is 0 Å². The highest BCUT2D eigenvalue weighted by Gasteiger charge is 2.44. The number of thioether (sulfide) groups is 1. The molecule has 1 atom stereocenters. The molecular formula is C7H12O2S. The van der Waals surface area contributed by atoms with E-state index in [0.717, 1.165) is 31.1 Å². The summed E-state index contributed by atoms with van der Waals surface area (Å²) in [4.78, 5) is 0. The van der Waals surface area contributed by atoms with Crippen molar-refractivity contribution in [3.8, 4) is 0 Å². The molecule has 58 valence electrons. The molecule has 0 aliphatic carbocycles. The zero-order chi connectivity index (χ0) is 7.03. The molecule has 0 radical (unpaired) electrons. The highest BCUT2D eigenvalue weighted by Crippen LogP contribution is 2.39. The predicted molar refractivity (Wildman–Crippen MR) is 41.2 cm³/mol. The van der Waals surface area contributed by atoms with Crippen molar-refractivity contribution in [2.45, 2.75) is 12.0 Å². The van der Waals surface area contributed by atoms with Crippen molar-refractivity contribution in [2.75, 3.05) is 24.7 Å². The third-order valence-electron chi connectivity index (χ3n) is 2.39. The maximum absolute atomic E-state index is 9.81. The van der Waals surface area contributed by atoms with Gasteiger partial charge in [0.2, 0.25) is 0 Å². The summed E-state index contributed by atoms with van der Waals surface area (Å²) in [6.07, 6.45) is 1.05. The molecule has 2 saturated heterocycles. The molecule has 1 unspecified atom stereocenters. The molecule has 10 heavy (non-hydrogen) atoms. The normalized spacial score (nSPS) is 37.5. The monoisotopic (exact) mass is 160 g/mol. The van der Waals surface area contributed by atoms with E-state index in [2.05, 4.69) is 0 Å². The molecule has 2 aliphatic heterocycles. The first-order chi connectivity index (χ1) is 4.81. The third-order valence-corrected chi connectivity index (χ3v) is 3.80. The molecule has 2 fully saturated rings. The molecule has 0 amide bonds. The molecule has 2 nitrogen and oxygen atoms in total. The molecule has 2 aliphatic rings. The lowest BCUT2D eigenvalue weighted by Crippen LogP contribution is -2.50. The van der Waals surface area contributed by atoms with E-state index in [1.54, 1.807) is 0 Å². The summed E-state index contributed by atoms with van der Waals surface area (Å²) in [6.45, 7) is 1.62. The predicted octanol–water partition coefficient (Wildman–Crippen LogP) is 0.501. The molecule has 0 aromatic rings. The van der Waals surface area contributed by atoms with Gasteiger partial charge in [0, 0.05) is 24.0 Å². The van der Waals surface area contributed by atoms with Crippen LogP contribution in [0.2, 0.25) is 0 Å². The highest BCUT2D eigenvalue weighted by atomic mass is 32.2. The van der Waals surface area contributed by atoms with Crippen molar-refractivity contribution in [2.24, 2.45) is 5.92 Å². The van der Waals surface area contributed by atoms with E-state index in [-0.39, 0.29) is 5.60 Å². The van der Waals surface area contributed by atoms with Gasteiger partial charge < -0.3 is 9.84 Å². The SMILES string of the molecule is OC1(C2CCOC2)CSC1. The van der Waals surface area contributed by atoms with Crippen LogP contribution >= 0.6 is 11.8 Å². The van der Waals surface area contributed by atoms with Crippen LogP contribution in [-0.2, 0) is 4.74 Å². The lowest BCUT2D eigenvalue weighted by Gasteiger charge is -2.40. The summed E-state index contributed by atoms with van der Waals surface area (Å²) in [5.41, 5.74) is -0.360. The zero-order valence-electron chi connectivity index (χ0n) is 5.88. The molecule has 1 N–H and O–H groups in total. The minimum Gasteiger partial charge on any atom is -0.388 e. The smallest absolute Gasteiger partial charge is 0.0878 e. The Bertz CT molecular complexity index is 128. The summed E-state index contributed by atoms with van der Waals surface area (Å²) in [5, 5.41) is 9.81. The summed E-state index contributed by atoms with van der Waals surface area (Å²) >= 11 is 1.83. The van der Waals surface area contributed by atoms with Crippen LogP contribution in [0, 0.1) is 5.92 Å². The average molecular weight is 160 g/mol. The van der Waals surface area contributed by atoms with E-state index in [0.29, 0.717) is 5.92 Å². The van der Waals surface area contributed by atoms with Gasteiger partial charge in [0.25, 0.3) is 0 Å². The Hall–Kier alpha value is 0.270. The third kappa shape index (κ3) is 0.966. The second kappa shape index (κ2) is 2.40. The maximum Gasteiger partial charge on any atom is 0.0878 e. The molecule has 0 bridgehead atoms. The molecule has 2 rings (SSSR count). The standard InChI is InChI=1S/C7H12O2S/c8-7(4-10-5-7)6-1-2-9-3-6/h6,8H,1-5H2. The van der Waals surface area contributed by atoms with Crippen molar-refractivity contribution < 1.29 is 9.84 Å². The van der Waals surface area contributed by atoms with Crippen LogP contribution in [0.5, 0.6) is 0 Å². The van der Waals surface area contributed by atoms with Crippen molar-refractivity contribution in [3.63, 3.8) is 0 Å². The van der Waals surface area contributed by atoms with Crippen LogP contribution in [0.1, 0.15) is 6.42 Å². The molecular weight excluding hydrogens is 148 g/mol. The second-order valence-corrected chi connectivity index (χ2v) is 4.14. The van der Waals surface area contributed by atoms with E-state index in [9.17, 15) is 5.11 Å². The van der Waals surface area contributed by atoms with E-state index in [1.807, 2.05) is 11.8 Å². The van der Waals surface area contributed by atoms with Crippen LogP contribution in [0.25, 0.3) is 0 Å². The Kier molecular flexibility index (Phi) is 1.66. The average Bonchev–Trinajstić information content (AvgIpc) is 2.33. The van der Waals surface area contributed by atoms with E-state index in [1.165, 1.54) is 0 Å². The van der Waals surface area contributed by atoms with Crippen molar-refractivity contribution in [1.29, 1.82) is 0 Å². The molecule has 2 heterocycles. The van der Waals surface area contributed by atoms with Gasteiger partial charge in [0.05, 0.1) is 12.2 Å². The summed E-state index contributed by atoms with van der Waals surface area (Å²) in [5.74, 6) is 2.26. The van der Waals surface area contributed by atoms with E-state index >= 15 is 0 Å². The fourth-order valence-corrected chi connectivity index (χ4v) is 2.60. The number of hydrogen-bond acceptors (Lipinski definition) is 3. The Balaban J connectivity index is 1.96. The number of aliphatic hydroxyl groups is 1. The summed E-state index contributed by atoms with van der Waals surface area (Å²) < 4.78 is 5.21. The van der Waals surface area contributed by atoms with Crippen LogP contribution in [-0.4, -0.2) is 35.4 Å². The van der Waals surface area contributed by atoms with Gasteiger partial charge in [-0.1, -0.05) is 0 Å². The van der Waals surface area contributed by atoms with Gasteiger partial charge >= 0.3 is 0 Å². The van der Waals surface area contributed by atoms with E-state index in [4.69, 9.17) is 4.74 Å². The minimum atomic E-state index is -0.360. The molecule has 0 aromatic heterocycles. The topological polar surface area (TPSA) is 29.5 Å². The first kappa shape index (κ1) is 6.95. The van der Waals surface area contributed by atoms with Gasteiger partial charge in [0.15, 0.2) is 0 Å². The fourth-order valence-electron chi connectivity index (χ4n) is 1.51. The van der Waals surface area contributed by atoms with Crippen LogP contribution < -0.4 is 0 Å². The number of rotatable bonds is 1. The molecule has 3 heteroatoms. The Morgan fingerprint density at radius 1 is 1.50 bits per heavy atom. The lowest BCUT2D eigenvalue weighted by molar-refractivity contribution is 0.0111. The van der Waals surface area contributed by atoms with Crippen molar-refractivity contribution in [1.82, 2.24) is 0 Å². The number of hydrogen-bond donors (Lipinski definition) is 1. The Labute approximate surface area is 64.9 Å². The van der Waals surface area contributed by atoms with Gasteiger partial charge in [-0.15, -0.1) is 0 Å². The van der Waals surface area contributed by atoms with Crippen LogP contribution in [0.4, 0.5) is 0 Å². The van der Waals surface area contributed by atoms with Gasteiger partial charge in [0.1, 0.15) is 0 Å². The first-order valence-corrected chi connectivity index (χ1v) is 4.85. The van der Waals surface area contributed by atoms with Gasteiger partial charge in [-0.05, 0) is 6.42 Å². The number of ether oxygens (including phenoxy) is 1. The fraction of sp³-hybridized carbons (Fsp3) is 1.00. The first-order valence-electron chi connectivity index (χ1n) is 3.69. The maximum atomic E-state index is 9.81. The quantitative estimate of drug-likeness (QED) is 0.605. The lowest BCUT2D eigenvalue weighted by atomic mass is 9.89. The summed E-state index contributed by atoms with van der Waals surface area (Å²) in [6, 6.07) is 0. The van der Waals surface area contributed by atoms with E-state index < -0.39 is 0 Å². The Morgan fingerprint density at radius 3 is 2.70 bits per heavy atom. The van der Waals surface area contributed by atoms with Crippen molar-refractivity contribution in [3.05, 3.63) is 0 Å². The second-order valence-electron chi connectivity index (χ2n) is 3.16. The molecule has 0 aromatic carbocycles. The van der Waals surface area contributed by atoms with Crippen molar-refractivity contribution >= 4 is 11.8 Å². The minimum absolute atomic E-state index is 0.360. The summed E-state index contributed by atoms with van der Waals surface area (Å²) in [7, 11) is 0. The molecule has 0 spiro atoms. The largest absolute Gasteiger partial charge is 0.388 e. The van der Waals surface area contributed by atoms with Gasteiger partial charge in [-0.2, -0.15) is 11.8 Å².